The number of H-pyrrole nitrogens is 1. The molecule has 0 saturated heterocycles. The molecule has 0 radical (unpaired) electrons. The first kappa shape index (κ1) is 13.4. The van der Waals surface area contributed by atoms with Crippen molar-refractivity contribution >= 4 is 23.2 Å². The molecule has 1 aromatic heterocycles. The average molecular weight is 280 g/mol. The van der Waals surface area contributed by atoms with Crippen molar-refractivity contribution in [1.29, 1.82) is 0 Å². The predicted molar refractivity (Wildman–Crippen MR) is 74.0 cm³/mol. The van der Waals surface area contributed by atoms with Crippen LogP contribution in [0.4, 0.5) is 5.69 Å². The Balaban J connectivity index is 2.28. The number of methoxy groups -OCH3 is 1. The van der Waals surface area contributed by atoms with Crippen molar-refractivity contribution in [2.75, 3.05) is 12.4 Å². The second kappa shape index (κ2) is 5.32. The van der Waals surface area contributed by atoms with Gasteiger partial charge in [-0.15, -0.1) is 0 Å². The summed E-state index contributed by atoms with van der Waals surface area (Å²) in [7, 11) is 1.52. The Hall–Kier alpha value is -2.01. The number of amides is 1. The fraction of sp³-hybridized carbons (Fsp3) is 0.231. The van der Waals surface area contributed by atoms with E-state index in [9.17, 15) is 4.79 Å². The number of aryl methyl sites for hydroxylation is 2. The smallest absolute Gasteiger partial charge is 0.276 e. The van der Waals surface area contributed by atoms with Crippen molar-refractivity contribution in [3.05, 3.63) is 40.2 Å². The minimum absolute atomic E-state index is 0.302. The minimum Gasteiger partial charge on any atom is -0.495 e. The molecule has 19 heavy (non-hydrogen) atoms. The lowest BCUT2D eigenvalue weighted by Gasteiger charge is -2.11. The zero-order valence-electron chi connectivity index (χ0n) is 10.9. The van der Waals surface area contributed by atoms with Crippen molar-refractivity contribution in [2.45, 2.75) is 13.8 Å². The number of carbonyl (C=O) groups excluding carboxylic acids is 1. The SMILES string of the molecule is COc1cc(Cl)c(C)cc1NC(=O)c1cc(C)[nH]n1. The molecule has 1 aromatic carbocycles. The first-order valence-corrected chi connectivity index (χ1v) is 6.06. The third-order valence-electron chi connectivity index (χ3n) is 2.67. The minimum atomic E-state index is -0.302. The van der Waals surface area contributed by atoms with Gasteiger partial charge in [-0.3, -0.25) is 9.89 Å². The van der Waals surface area contributed by atoms with Crippen LogP contribution in [-0.2, 0) is 0 Å². The Morgan fingerprint density at radius 1 is 1.37 bits per heavy atom. The van der Waals surface area contributed by atoms with Gasteiger partial charge >= 0.3 is 0 Å². The van der Waals surface area contributed by atoms with Gasteiger partial charge in [-0.25, -0.2) is 0 Å². The number of hydrogen-bond donors (Lipinski definition) is 2. The predicted octanol–water partition coefficient (Wildman–Crippen LogP) is 2.94. The Morgan fingerprint density at radius 3 is 2.68 bits per heavy atom. The molecule has 2 rings (SSSR count). The largest absolute Gasteiger partial charge is 0.495 e. The maximum absolute atomic E-state index is 12.0. The number of aromatic nitrogens is 2. The zero-order chi connectivity index (χ0) is 14.0. The van der Waals surface area contributed by atoms with Crippen LogP contribution in [0, 0.1) is 13.8 Å². The van der Waals surface area contributed by atoms with E-state index in [1.54, 1.807) is 18.2 Å². The van der Waals surface area contributed by atoms with E-state index < -0.39 is 0 Å². The lowest BCUT2D eigenvalue weighted by molar-refractivity contribution is 0.102. The van der Waals surface area contributed by atoms with Crippen molar-refractivity contribution in [3.63, 3.8) is 0 Å². The highest BCUT2D eigenvalue weighted by Gasteiger charge is 2.13. The number of hydrogen-bond acceptors (Lipinski definition) is 3. The lowest BCUT2D eigenvalue weighted by Crippen LogP contribution is -2.13. The van der Waals surface area contributed by atoms with Crippen LogP contribution in [0.25, 0.3) is 0 Å². The average Bonchev–Trinajstić information content (AvgIpc) is 2.80. The number of rotatable bonds is 3. The number of aromatic amines is 1. The highest BCUT2D eigenvalue weighted by molar-refractivity contribution is 6.31. The topological polar surface area (TPSA) is 67.0 Å². The van der Waals surface area contributed by atoms with Gasteiger partial charge in [-0.1, -0.05) is 11.6 Å². The fourth-order valence-electron chi connectivity index (χ4n) is 1.65. The third-order valence-corrected chi connectivity index (χ3v) is 3.07. The summed E-state index contributed by atoms with van der Waals surface area (Å²) in [6, 6.07) is 5.10. The highest BCUT2D eigenvalue weighted by Crippen LogP contribution is 2.31. The molecular weight excluding hydrogens is 266 g/mol. The number of carbonyl (C=O) groups is 1. The molecule has 2 N–H and O–H groups in total. The molecule has 2 aromatic rings. The molecule has 0 fully saturated rings. The summed E-state index contributed by atoms with van der Waals surface area (Å²) in [5.41, 5.74) is 2.57. The standard InChI is InChI=1S/C13H14ClN3O2/c1-7-4-10(12(19-3)6-9(7)14)15-13(18)11-5-8(2)16-17-11/h4-6H,1-3H3,(H,15,18)(H,16,17). The quantitative estimate of drug-likeness (QED) is 0.908. The van der Waals surface area contributed by atoms with E-state index in [4.69, 9.17) is 16.3 Å². The molecule has 1 amide bonds. The van der Waals surface area contributed by atoms with Crippen LogP contribution < -0.4 is 10.1 Å². The molecule has 0 unspecified atom stereocenters. The van der Waals surface area contributed by atoms with E-state index in [-0.39, 0.29) is 5.91 Å². The zero-order valence-corrected chi connectivity index (χ0v) is 11.6. The molecule has 0 aliphatic heterocycles. The number of halogens is 1. The first-order valence-electron chi connectivity index (χ1n) is 5.68. The Kier molecular flexibility index (Phi) is 3.76. The van der Waals surface area contributed by atoms with Gasteiger partial charge in [0.05, 0.1) is 12.8 Å². The normalized spacial score (nSPS) is 10.3. The van der Waals surface area contributed by atoms with Crippen LogP contribution in [0.5, 0.6) is 5.75 Å². The van der Waals surface area contributed by atoms with Crippen molar-refractivity contribution < 1.29 is 9.53 Å². The number of anilines is 1. The van der Waals surface area contributed by atoms with Gasteiger partial charge in [0.25, 0.3) is 5.91 Å². The molecule has 0 atom stereocenters. The number of ether oxygens (including phenoxy) is 1. The van der Waals surface area contributed by atoms with Crippen molar-refractivity contribution in [2.24, 2.45) is 0 Å². The van der Waals surface area contributed by atoms with E-state index >= 15 is 0 Å². The number of benzene rings is 1. The van der Waals surface area contributed by atoms with E-state index in [2.05, 4.69) is 15.5 Å². The van der Waals surface area contributed by atoms with Gasteiger partial charge in [0.15, 0.2) is 5.69 Å². The van der Waals surface area contributed by atoms with Gasteiger partial charge in [0.2, 0.25) is 0 Å². The molecule has 1 heterocycles. The van der Waals surface area contributed by atoms with Crippen LogP contribution in [0.15, 0.2) is 18.2 Å². The summed E-state index contributed by atoms with van der Waals surface area (Å²) in [6.07, 6.45) is 0. The van der Waals surface area contributed by atoms with Crippen LogP contribution in [0.1, 0.15) is 21.7 Å². The second-order valence-electron chi connectivity index (χ2n) is 4.19. The molecule has 0 spiro atoms. The molecule has 0 aliphatic carbocycles. The summed E-state index contributed by atoms with van der Waals surface area (Å²) in [5, 5.41) is 9.97. The third kappa shape index (κ3) is 2.88. The van der Waals surface area contributed by atoms with Gasteiger partial charge < -0.3 is 10.1 Å². The van der Waals surface area contributed by atoms with Gasteiger partial charge in [0.1, 0.15) is 5.75 Å². The maximum Gasteiger partial charge on any atom is 0.276 e. The van der Waals surface area contributed by atoms with Crippen LogP contribution in [-0.4, -0.2) is 23.2 Å². The molecule has 0 saturated carbocycles. The van der Waals surface area contributed by atoms with Crippen LogP contribution in [0.3, 0.4) is 0 Å². The van der Waals surface area contributed by atoms with Gasteiger partial charge in [-0.05, 0) is 31.5 Å². The fourth-order valence-corrected chi connectivity index (χ4v) is 1.80. The Labute approximate surface area is 115 Å². The Morgan fingerprint density at radius 2 is 2.11 bits per heavy atom. The maximum atomic E-state index is 12.0. The number of nitrogens with zero attached hydrogens (tertiary/aromatic N) is 1. The van der Waals surface area contributed by atoms with Crippen molar-refractivity contribution in [1.82, 2.24) is 10.2 Å². The molecular formula is C13H14ClN3O2. The molecule has 0 bridgehead atoms. The van der Waals surface area contributed by atoms with E-state index in [1.165, 1.54) is 7.11 Å². The van der Waals surface area contributed by atoms with E-state index in [1.807, 2.05) is 13.8 Å². The van der Waals surface area contributed by atoms with E-state index in [0.717, 1.165) is 11.3 Å². The highest BCUT2D eigenvalue weighted by atomic mass is 35.5. The summed E-state index contributed by atoms with van der Waals surface area (Å²) in [6.45, 7) is 3.69. The summed E-state index contributed by atoms with van der Waals surface area (Å²) in [5.74, 6) is 0.209. The van der Waals surface area contributed by atoms with Crippen molar-refractivity contribution in [3.8, 4) is 5.75 Å². The second-order valence-corrected chi connectivity index (χ2v) is 4.60. The lowest BCUT2D eigenvalue weighted by atomic mass is 10.2. The number of nitrogens with one attached hydrogen (secondary N) is 2. The van der Waals surface area contributed by atoms with E-state index in [0.29, 0.717) is 22.2 Å². The van der Waals surface area contributed by atoms with Crippen LogP contribution >= 0.6 is 11.6 Å². The monoisotopic (exact) mass is 279 g/mol. The molecule has 0 aliphatic rings. The van der Waals surface area contributed by atoms with Gasteiger partial charge in [0, 0.05) is 16.8 Å². The van der Waals surface area contributed by atoms with Crippen LogP contribution in [0.2, 0.25) is 5.02 Å². The first-order chi connectivity index (χ1) is 9.01. The Bertz CT molecular complexity index is 622. The molecule has 6 heteroatoms. The van der Waals surface area contributed by atoms with Gasteiger partial charge in [-0.2, -0.15) is 5.10 Å². The molecule has 100 valence electrons. The summed E-state index contributed by atoms with van der Waals surface area (Å²) >= 11 is 6.01. The summed E-state index contributed by atoms with van der Waals surface area (Å²) < 4.78 is 5.20. The molecule has 5 nitrogen and oxygen atoms in total. The summed E-state index contributed by atoms with van der Waals surface area (Å²) in [4.78, 5) is 12.0.